The van der Waals surface area contributed by atoms with Gasteiger partial charge in [-0.15, -0.1) is 0 Å². The molecular weight excluding hydrogens is 186 g/mol. The maximum Gasteiger partial charge on any atom is 0.122 e. The van der Waals surface area contributed by atoms with Gasteiger partial charge in [0.05, 0.1) is 19.7 Å². The topological polar surface area (TPSA) is 25.8 Å². The molecule has 1 atom stereocenters. The van der Waals surface area contributed by atoms with Crippen molar-refractivity contribution < 1.29 is 10.1 Å². The Morgan fingerprint density at radius 3 is 2.93 bits per heavy atom. The van der Waals surface area contributed by atoms with Crippen LogP contribution in [0.1, 0.15) is 24.8 Å². The second kappa shape index (κ2) is 5.17. The first-order chi connectivity index (χ1) is 7.40. The summed E-state index contributed by atoms with van der Waals surface area (Å²) in [6.07, 6.45) is 5.25. The summed E-state index contributed by atoms with van der Waals surface area (Å²) < 4.78 is 5.37. The van der Waals surface area contributed by atoms with E-state index in [-0.39, 0.29) is 0 Å². The summed E-state index contributed by atoms with van der Waals surface area (Å²) in [7, 11) is 1.75. The number of ether oxygens (including phenoxy) is 1. The molecule has 1 aliphatic rings. The van der Waals surface area contributed by atoms with Crippen molar-refractivity contribution in [1.29, 1.82) is 0 Å². The zero-order valence-electron chi connectivity index (χ0n) is 9.41. The number of rotatable bonds is 3. The molecule has 15 heavy (non-hydrogen) atoms. The smallest absolute Gasteiger partial charge is 0.122 e. The van der Waals surface area contributed by atoms with Gasteiger partial charge in [0.15, 0.2) is 0 Å². The molecule has 1 aromatic rings. The second-order valence-electron chi connectivity index (χ2n) is 4.30. The van der Waals surface area contributed by atoms with E-state index in [0.29, 0.717) is 0 Å². The van der Waals surface area contributed by atoms with Crippen LogP contribution >= 0.6 is 0 Å². The molecule has 2 N–H and O–H groups in total. The molecule has 2 rings (SSSR count). The van der Waals surface area contributed by atoms with E-state index < -0.39 is 0 Å². The molecule has 1 aromatic carbocycles. The Labute approximate surface area is 91.6 Å². The molecule has 82 valence electrons. The first-order valence-corrected chi connectivity index (χ1v) is 5.85. The fourth-order valence-corrected chi connectivity index (χ4v) is 2.36. The zero-order valence-corrected chi connectivity index (χ0v) is 9.41. The van der Waals surface area contributed by atoms with E-state index in [2.05, 4.69) is 23.5 Å². The summed E-state index contributed by atoms with van der Waals surface area (Å²) in [4.78, 5) is 0. The van der Waals surface area contributed by atoms with Crippen molar-refractivity contribution in [1.82, 2.24) is 0 Å². The van der Waals surface area contributed by atoms with E-state index in [9.17, 15) is 0 Å². The van der Waals surface area contributed by atoms with Crippen LogP contribution in [0.3, 0.4) is 0 Å². The average Bonchev–Trinajstić information content (AvgIpc) is 2.31. The minimum atomic E-state index is 0.759. The van der Waals surface area contributed by atoms with Gasteiger partial charge in [-0.3, -0.25) is 0 Å². The van der Waals surface area contributed by atoms with E-state index in [4.69, 9.17) is 4.74 Å². The van der Waals surface area contributed by atoms with Gasteiger partial charge in [-0.1, -0.05) is 18.2 Å². The number of hydrogen-bond acceptors (Lipinski definition) is 1. The maximum absolute atomic E-state index is 5.37. The van der Waals surface area contributed by atoms with E-state index in [0.717, 1.165) is 18.2 Å². The number of piperidine rings is 1. The van der Waals surface area contributed by atoms with Gasteiger partial charge in [0.2, 0.25) is 0 Å². The summed E-state index contributed by atoms with van der Waals surface area (Å²) >= 11 is 0. The Balaban J connectivity index is 2.02. The molecule has 0 saturated carbocycles. The monoisotopic (exact) mass is 206 g/mol. The number of hydrogen-bond donors (Lipinski definition) is 1. The van der Waals surface area contributed by atoms with Crippen LogP contribution in [0.15, 0.2) is 24.3 Å². The lowest BCUT2D eigenvalue weighted by Crippen LogP contribution is -2.91. The van der Waals surface area contributed by atoms with Gasteiger partial charge in [0.25, 0.3) is 0 Å². The Bertz CT molecular complexity index is 305. The van der Waals surface area contributed by atoms with Crippen LogP contribution in [-0.2, 0) is 6.42 Å². The summed E-state index contributed by atoms with van der Waals surface area (Å²) in [6, 6.07) is 9.13. The van der Waals surface area contributed by atoms with Gasteiger partial charge in [-0.05, 0) is 30.9 Å². The lowest BCUT2D eigenvalue weighted by molar-refractivity contribution is -0.697. The molecule has 1 saturated heterocycles. The Morgan fingerprint density at radius 1 is 1.33 bits per heavy atom. The van der Waals surface area contributed by atoms with E-state index in [1.54, 1.807) is 7.11 Å². The van der Waals surface area contributed by atoms with Crippen LogP contribution in [-0.4, -0.2) is 19.7 Å². The first-order valence-electron chi connectivity index (χ1n) is 5.85. The highest BCUT2D eigenvalue weighted by Gasteiger charge is 2.17. The molecule has 1 heterocycles. The van der Waals surface area contributed by atoms with Crippen molar-refractivity contribution in [2.45, 2.75) is 31.7 Å². The Morgan fingerprint density at radius 2 is 2.20 bits per heavy atom. The molecular formula is C13H20NO+. The number of para-hydroxylation sites is 1. The van der Waals surface area contributed by atoms with E-state index >= 15 is 0 Å². The third kappa shape index (κ3) is 2.72. The number of methoxy groups -OCH3 is 1. The van der Waals surface area contributed by atoms with Crippen molar-refractivity contribution >= 4 is 0 Å². The molecule has 0 amide bonds. The molecule has 0 spiro atoms. The summed E-state index contributed by atoms with van der Waals surface area (Å²) in [5.74, 6) is 1.04. The van der Waals surface area contributed by atoms with Gasteiger partial charge in [-0.2, -0.15) is 0 Å². The summed E-state index contributed by atoms with van der Waals surface area (Å²) in [5.41, 5.74) is 1.35. The molecule has 0 bridgehead atoms. The second-order valence-corrected chi connectivity index (χ2v) is 4.30. The van der Waals surface area contributed by atoms with Crippen molar-refractivity contribution in [3.8, 4) is 5.75 Å². The van der Waals surface area contributed by atoms with Crippen molar-refractivity contribution in [2.24, 2.45) is 0 Å². The Hall–Kier alpha value is -1.02. The highest BCUT2D eigenvalue weighted by atomic mass is 16.5. The molecule has 0 aliphatic carbocycles. The normalized spacial score (nSPS) is 21.3. The number of quaternary nitrogens is 1. The Kier molecular flexibility index (Phi) is 3.62. The van der Waals surface area contributed by atoms with Crippen LogP contribution in [0.5, 0.6) is 5.75 Å². The van der Waals surface area contributed by atoms with Crippen molar-refractivity contribution in [3.05, 3.63) is 29.8 Å². The predicted octanol–water partition coefficient (Wildman–Crippen LogP) is 1.35. The maximum atomic E-state index is 5.37. The van der Waals surface area contributed by atoms with E-state index in [1.165, 1.54) is 31.4 Å². The molecule has 0 unspecified atom stereocenters. The van der Waals surface area contributed by atoms with Crippen LogP contribution in [0.2, 0.25) is 0 Å². The molecule has 2 heteroatoms. The van der Waals surface area contributed by atoms with Gasteiger partial charge >= 0.3 is 0 Å². The fourth-order valence-electron chi connectivity index (χ4n) is 2.36. The SMILES string of the molecule is COc1ccccc1C[C@H]1CCCC[NH2+]1. The van der Waals surface area contributed by atoms with Crippen molar-refractivity contribution in [2.75, 3.05) is 13.7 Å². The third-order valence-corrected chi connectivity index (χ3v) is 3.20. The average molecular weight is 206 g/mol. The van der Waals surface area contributed by atoms with Gasteiger partial charge in [0, 0.05) is 6.42 Å². The third-order valence-electron chi connectivity index (χ3n) is 3.20. The van der Waals surface area contributed by atoms with Gasteiger partial charge in [-0.25, -0.2) is 0 Å². The fraction of sp³-hybridized carbons (Fsp3) is 0.538. The van der Waals surface area contributed by atoms with Crippen LogP contribution in [0.4, 0.5) is 0 Å². The molecule has 1 aliphatic heterocycles. The first kappa shape index (κ1) is 10.5. The molecule has 0 aromatic heterocycles. The van der Waals surface area contributed by atoms with Gasteiger partial charge in [0.1, 0.15) is 5.75 Å². The minimum Gasteiger partial charge on any atom is -0.496 e. The highest BCUT2D eigenvalue weighted by Crippen LogP contribution is 2.19. The lowest BCUT2D eigenvalue weighted by Gasteiger charge is -2.20. The molecule has 1 fully saturated rings. The highest BCUT2D eigenvalue weighted by molar-refractivity contribution is 5.33. The van der Waals surface area contributed by atoms with Crippen LogP contribution < -0.4 is 10.1 Å². The summed E-state index contributed by atoms with van der Waals surface area (Å²) in [6.45, 7) is 1.29. The summed E-state index contributed by atoms with van der Waals surface area (Å²) in [5, 5.41) is 2.48. The number of benzene rings is 1. The largest absolute Gasteiger partial charge is 0.496 e. The van der Waals surface area contributed by atoms with E-state index in [1.807, 2.05) is 6.07 Å². The predicted molar refractivity (Wildman–Crippen MR) is 61.1 cm³/mol. The molecule has 2 nitrogen and oxygen atoms in total. The number of nitrogens with two attached hydrogens (primary N) is 1. The molecule has 0 radical (unpaired) electrons. The quantitative estimate of drug-likeness (QED) is 0.794. The lowest BCUT2D eigenvalue weighted by atomic mass is 9.97. The standard InChI is InChI=1S/C13H19NO/c1-15-13-8-3-2-6-11(13)10-12-7-4-5-9-14-12/h2-3,6,8,12,14H,4-5,7,9-10H2,1H3/p+1/t12-/m1/s1. The van der Waals surface area contributed by atoms with Crippen LogP contribution in [0, 0.1) is 0 Å². The van der Waals surface area contributed by atoms with Crippen molar-refractivity contribution in [3.63, 3.8) is 0 Å². The zero-order chi connectivity index (χ0) is 10.5. The minimum absolute atomic E-state index is 0.759. The van der Waals surface area contributed by atoms with Crippen LogP contribution in [0.25, 0.3) is 0 Å². The van der Waals surface area contributed by atoms with Gasteiger partial charge < -0.3 is 10.1 Å².